The van der Waals surface area contributed by atoms with Crippen LogP contribution < -0.4 is 11.1 Å². The number of anilines is 1. The van der Waals surface area contributed by atoms with Gasteiger partial charge in [-0.05, 0) is 39.0 Å². The largest absolute Gasteiger partial charge is 0.464 e. The predicted molar refractivity (Wildman–Crippen MR) is 116 cm³/mol. The van der Waals surface area contributed by atoms with E-state index in [1.165, 1.54) is 12.3 Å². The molecule has 0 bridgehead atoms. The maximum absolute atomic E-state index is 13.5. The number of pyridine rings is 1. The van der Waals surface area contributed by atoms with E-state index in [4.69, 9.17) is 10.2 Å². The number of alkyl halides is 2. The molecule has 3 N–H and O–H groups in total. The smallest absolute Gasteiger partial charge is 0.280 e. The summed E-state index contributed by atoms with van der Waals surface area (Å²) in [7, 11) is 0. The van der Waals surface area contributed by atoms with Crippen molar-refractivity contribution in [3.8, 4) is 11.3 Å². The van der Waals surface area contributed by atoms with Crippen LogP contribution in [-0.2, 0) is 6.54 Å². The number of rotatable bonds is 6. The third kappa shape index (κ3) is 3.54. The number of primary amides is 1. The molecule has 0 saturated carbocycles. The number of thiophene rings is 1. The zero-order chi connectivity index (χ0) is 23.2. The predicted octanol–water partition coefficient (Wildman–Crippen LogP) is 4.68. The fourth-order valence-corrected chi connectivity index (χ4v) is 4.67. The molecule has 0 spiro atoms. The van der Waals surface area contributed by atoms with Crippen LogP contribution in [0.2, 0.25) is 0 Å². The van der Waals surface area contributed by atoms with Crippen LogP contribution in [0.3, 0.4) is 0 Å². The highest BCUT2D eigenvalue weighted by Gasteiger charge is 2.27. The second-order valence-electron chi connectivity index (χ2n) is 7.04. The van der Waals surface area contributed by atoms with E-state index in [1.807, 2.05) is 6.92 Å². The third-order valence-corrected chi connectivity index (χ3v) is 6.16. The van der Waals surface area contributed by atoms with Gasteiger partial charge in [0, 0.05) is 23.2 Å². The molecular formula is C21H19F2N5O3S. The van der Waals surface area contributed by atoms with Crippen LogP contribution >= 0.6 is 11.3 Å². The lowest BCUT2D eigenvalue weighted by molar-refractivity contribution is 0.100. The van der Waals surface area contributed by atoms with Crippen LogP contribution in [0.25, 0.3) is 21.5 Å². The number of carbonyl (C=O) groups excluding carboxylic acids is 2. The average molecular weight is 459 g/mol. The molecule has 0 aromatic carbocycles. The average Bonchev–Trinajstić information content (AvgIpc) is 3.45. The van der Waals surface area contributed by atoms with Crippen LogP contribution in [0.1, 0.15) is 50.5 Å². The van der Waals surface area contributed by atoms with E-state index in [9.17, 15) is 18.4 Å². The van der Waals surface area contributed by atoms with Crippen LogP contribution in [-0.4, -0.2) is 26.6 Å². The number of aromatic nitrogens is 3. The first-order valence-electron chi connectivity index (χ1n) is 9.67. The van der Waals surface area contributed by atoms with Gasteiger partial charge in [-0.3, -0.25) is 14.3 Å². The summed E-state index contributed by atoms with van der Waals surface area (Å²) in [5, 5.41) is 7.39. The maximum Gasteiger partial charge on any atom is 0.280 e. The van der Waals surface area contributed by atoms with Crippen molar-refractivity contribution < 1.29 is 22.8 Å². The summed E-state index contributed by atoms with van der Waals surface area (Å²) < 4.78 is 34.1. The molecule has 4 aromatic rings. The van der Waals surface area contributed by atoms with Crippen LogP contribution in [0, 0.1) is 13.8 Å². The highest BCUT2D eigenvalue weighted by atomic mass is 32.1. The van der Waals surface area contributed by atoms with Crippen LogP contribution in [0.5, 0.6) is 0 Å². The van der Waals surface area contributed by atoms with E-state index in [-0.39, 0.29) is 26.7 Å². The number of fused-ring (bicyclic) bond motifs is 1. The first kappa shape index (κ1) is 21.6. The first-order chi connectivity index (χ1) is 15.2. The zero-order valence-corrected chi connectivity index (χ0v) is 18.2. The molecule has 32 heavy (non-hydrogen) atoms. The molecule has 2 amide bonds. The first-order valence-corrected chi connectivity index (χ1v) is 10.5. The lowest BCUT2D eigenvalue weighted by Crippen LogP contribution is -2.18. The molecule has 166 valence electrons. The second-order valence-corrected chi connectivity index (χ2v) is 8.04. The molecule has 0 saturated heterocycles. The van der Waals surface area contributed by atoms with Gasteiger partial charge in [0.2, 0.25) is 0 Å². The highest BCUT2D eigenvalue weighted by Crippen LogP contribution is 2.42. The monoisotopic (exact) mass is 459 g/mol. The summed E-state index contributed by atoms with van der Waals surface area (Å²) in [6.45, 7) is 5.96. The Morgan fingerprint density at radius 1 is 1.34 bits per heavy atom. The topological polar surface area (TPSA) is 116 Å². The number of nitrogens with two attached hydrogens (primary N) is 1. The van der Waals surface area contributed by atoms with E-state index >= 15 is 0 Å². The number of hydrogen-bond acceptors (Lipinski definition) is 6. The highest BCUT2D eigenvalue weighted by molar-refractivity contribution is 7.21. The fourth-order valence-electron chi connectivity index (χ4n) is 3.66. The van der Waals surface area contributed by atoms with Crippen molar-refractivity contribution in [1.29, 1.82) is 0 Å². The van der Waals surface area contributed by atoms with Crippen molar-refractivity contribution in [2.75, 3.05) is 5.32 Å². The standard InChI is InChI=1S/C21H19F2N5O3S/c1-4-28-10(3)14(9(2)27-28)20(30)26-16-15-11(13-6-5-7-31-13)8-12(18(22)23)25-21(15)32-17(16)19(24)29/h5-8,18H,4H2,1-3H3,(H2,24,29)(H,26,30). The normalized spacial score (nSPS) is 11.4. The molecule has 0 atom stereocenters. The second kappa shape index (κ2) is 8.15. The minimum Gasteiger partial charge on any atom is -0.464 e. The summed E-state index contributed by atoms with van der Waals surface area (Å²) in [4.78, 5) is 29.5. The molecule has 0 radical (unpaired) electrons. The summed E-state index contributed by atoms with van der Waals surface area (Å²) >= 11 is 0.834. The van der Waals surface area contributed by atoms with Gasteiger partial charge in [-0.1, -0.05) is 0 Å². The third-order valence-electron chi connectivity index (χ3n) is 5.06. The summed E-state index contributed by atoms with van der Waals surface area (Å²) in [5.41, 5.74) is 6.98. The van der Waals surface area contributed by atoms with Crippen LogP contribution in [0.4, 0.5) is 14.5 Å². The number of carbonyl (C=O) groups is 2. The quantitative estimate of drug-likeness (QED) is 0.434. The van der Waals surface area contributed by atoms with E-state index in [0.717, 1.165) is 11.3 Å². The van der Waals surface area contributed by atoms with Gasteiger partial charge in [0.25, 0.3) is 18.2 Å². The summed E-state index contributed by atoms with van der Waals surface area (Å²) in [6, 6.07) is 4.39. The van der Waals surface area contributed by atoms with Crippen molar-refractivity contribution in [3.05, 3.63) is 52.0 Å². The number of hydrogen-bond donors (Lipinski definition) is 2. The molecule has 0 fully saturated rings. The van der Waals surface area contributed by atoms with E-state index in [1.54, 1.807) is 30.7 Å². The number of amides is 2. The lowest BCUT2D eigenvalue weighted by atomic mass is 10.1. The Bertz CT molecular complexity index is 1340. The Balaban J connectivity index is 1.94. The number of furan rings is 1. The van der Waals surface area contributed by atoms with E-state index in [2.05, 4.69) is 15.4 Å². The number of nitrogens with one attached hydrogen (secondary N) is 1. The van der Waals surface area contributed by atoms with Gasteiger partial charge in [-0.15, -0.1) is 11.3 Å². The summed E-state index contributed by atoms with van der Waals surface area (Å²) in [6.07, 6.45) is -1.44. The van der Waals surface area contributed by atoms with E-state index < -0.39 is 23.9 Å². The molecule has 0 aliphatic heterocycles. The zero-order valence-electron chi connectivity index (χ0n) is 17.4. The number of aryl methyl sites for hydroxylation is 2. The van der Waals surface area contributed by atoms with Crippen LogP contribution in [0.15, 0.2) is 28.9 Å². The number of halogens is 2. The van der Waals surface area contributed by atoms with Gasteiger partial charge in [-0.25, -0.2) is 13.8 Å². The van der Waals surface area contributed by atoms with Gasteiger partial charge >= 0.3 is 0 Å². The molecular weight excluding hydrogens is 440 g/mol. The minimum absolute atomic E-state index is 0.00161. The molecule has 4 heterocycles. The Morgan fingerprint density at radius 2 is 2.09 bits per heavy atom. The molecule has 11 heteroatoms. The van der Waals surface area contributed by atoms with Gasteiger partial charge in [0.05, 0.1) is 23.2 Å². The Labute approximate surface area is 185 Å². The molecule has 0 aliphatic carbocycles. The van der Waals surface area contributed by atoms with Crippen molar-refractivity contribution in [2.45, 2.75) is 33.7 Å². The van der Waals surface area contributed by atoms with Crippen molar-refractivity contribution in [2.24, 2.45) is 5.73 Å². The van der Waals surface area contributed by atoms with Crippen molar-refractivity contribution in [3.63, 3.8) is 0 Å². The molecule has 8 nitrogen and oxygen atoms in total. The van der Waals surface area contributed by atoms with Gasteiger partial charge < -0.3 is 15.5 Å². The molecule has 0 unspecified atom stereocenters. The Morgan fingerprint density at radius 3 is 2.66 bits per heavy atom. The van der Waals surface area contributed by atoms with Gasteiger partial charge in [0.15, 0.2) is 0 Å². The minimum atomic E-state index is -2.84. The number of nitrogens with zero attached hydrogens (tertiary/aromatic N) is 3. The maximum atomic E-state index is 13.5. The van der Waals surface area contributed by atoms with Crippen molar-refractivity contribution >= 4 is 39.1 Å². The Kier molecular flexibility index (Phi) is 5.51. The lowest BCUT2D eigenvalue weighted by Gasteiger charge is -2.10. The van der Waals surface area contributed by atoms with Gasteiger partial charge in [0.1, 0.15) is 21.2 Å². The summed E-state index contributed by atoms with van der Waals surface area (Å²) in [5.74, 6) is -1.02. The Hall–Kier alpha value is -3.60. The fraction of sp³-hybridized carbons (Fsp3) is 0.238. The van der Waals surface area contributed by atoms with Crippen molar-refractivity contribution in [1.82, 2.24) is 14.8 Å². The molecule has 0 aliphatic rings. The molecule has 4 aromatic heterocycles. The SMILES string of the molecule is CCn1nc(C)c(C(=O)Nc2c(C(N)=O)sc3nc(C(F)F)cc(-c4ccco4)c23)c1C. The van der Waals surface area contributed by atoms with Gasteiger partial charge in [-0.2, -0.15) is 5.10 Å². The molecule has 4 rings (SSSR count). The van der Waals surface area contributed by atoms with E-state index in [0.29, 0.717) is 28.9 Å².